The predicted octanol–water partition coefficient (Wildman–Crippen LogP) is 14.1. The highest BCUT2D eigenvalue weighted by molar-refractivity contribution is 6.21. The highest BCUT2D eigenvalue weighted by Gasteiger charge is 2.20. The van der Waals surface area contributed by atoms with Gasteiger partial charge >= 0.3 is 0 Å². The summed E-state index contributed by atoms with van der Waals surface area (Å²) in [7, 11) is 0. The van der Waals surface area contributed by atoms with Crippen molar-refractivity contribution < 1.29 is 4.42 Å². The number of benzene rings is 9. The first-order chi connectivity index (χ1) is 28.2. The highest BCUT2D eigenvalue weighted by atomic mass is 16.3. The Kier molecular flexibility index (Phi) is 7.78. The van der Waals surface area contributed by atoms with Crippen molar-refractivity contribution in [2.45, 2.75) is 0 Å². The fourth-order valence-corrected chi connectivity index (χ4v) is 8.17. The van der Waals surface area contributed by atoms with Crippen molar-refractivity contribution in [1.82, 2.24) is 15.0 Å². The van der Waals surface area contributed by atoms with Crippen LogP contribution in [0, 0.1) is 0 Å². The topological polar surface area (TPSA) is 51.8 Å². The standard InChI is InChI=1S/C53H33N3O/c1-4-15-34(16-5-1)37-21-14-22-39(31-37)52-54-51(36-19-8-3-9-20-36)55-53(56-52)45-29-28-43(40-23-10-11-24-41(40)45)46-33-48-47-32-38(35-17-6-2-7-18-35)27-30-49(47)57-50(48)44-26-13-12-25-42(44)46/h1-33H. The van der Waals surface area contributed by atoms with E-state index >= 15 is 0 Å². The molecular weight excluding hydrogens is 695 g/mol. The Morgan fingerprint density at radius 2 is 0.754 bits per heavy atom. The normalized spacial score (nSPS) is 11.5. The molecule has 0 saturated heterocycles. The van der Waals surface area contributed by atoms with E-state index in [2.05, 4.69) is 164 Å². The molecule has 4 heteroatoms. The van der Waals surface area contributed by atoms with Gasteiger partial charge in [0.15, 0.2) is 17.5 Å². The minimum atomic E-state index is 0.626. The maximum atomic E-state index is 6.62. The van der Waals surface area contributed by atoms with E-state index in [0.29, 0.717) is 17.5 Å². The minimum absolute atomic E-state index is 0.626. The van der Waals surface area contributed by atoms with Gasteiger partial charge in [-0.15, -0.1) is 0 Å². The fraction of sp³-hybridized carbons (Fsp3) is 0. The lowest BCUT2D eigenvalue weighted by Crippen LogP contribution is -2.01. The summed E-state index contributed by atoms with van der Waals surface area (Å²) in [6, 6.07) is 69.9. The summed E-state index contributed by atoms with van der Waals surface area (Å²) < 4.78 is 6.62. The first kappa shape index (κ1) is 32.7. The Bertz CT molecular complexity index is 3280. The molecule has 2 heterocycles. The quantitative estimate of drug-likeness (QED) is 0.171. The van der Waals surface area contributed by atoms with Crippen molar-refractivity contribution >= 4 is 43.5 Å². The van der Waals surface area contributed by atoms with E-state index in [1.54, 1.807) is 0 Å². The average molecular weight is 728 g/mol. The van der Waals surface area contributed by atoms with Crippen molar-refractivity contribution in [2.75, 3.05) is 0 Å². The van der Waals surface area contributed by atoms with E-state index in [0.717, 1.165) is 88.0 Å². The monoisotopic (exact) mass is 727 g/mol. The number of nitrogens with zero attached hydrogens (tertiary/aromatic N) is 3. The average Bonchev–Trinajstić information content (AvgIpc) is 3.67. The first-order valence-corrected chi connectivity index (χ1v) is 19.2. The molecule has 0 spiro atoms. The summed E-state index contributed by atoms with van der Waals surface area (Å²) in [6.07, 6.45) is 0. The molecule has 0 bridgehead atoms. The molecule has 11 rings (SSSR count). The first-order valence-electron chi connectivity index (χ1n) is 19.2. The summed E-state index contributed by atoms with van der Waals surface area (Å²) in [4.78, 5) is 15.4. The van der Waals surface area contributed by atoms with E-state index in [9.17, 15) is 0 Å². The van der Waals surface area contributed by atoms with Gasteiger partial charge in [-0.2, -0.15) is 0 Å². The molecule has 0 fully saturated rings. The SMILES string of the molecule is c1ccc(-c2cccc(-c3nc(-c4ccccc4)nc(-c4ccc(-c5cc6c7cc(-c8ccccc8)ccc7oc6c6ccccc56)c5ccccc45)n3)c2)cc1. The zero-order valence-corrected chi connectivity index (χ0v) is 30.8. The molecule has 2 aromatic heterocycles. The van der Waals surface area contributed by atoms with Crippen LogP contribution in [0.1, 0.15) is 0 Å². The molecule has 0 N–H and O–H groups in total. The Hall–Kier alpha value is -7.69. The van der Waals surface area contributed by atoms with Crippen molar-refractivity contribution in [3.05, 3.63) is 200 Å². The molecule has 0 saturated carbocycles. The molecule has 0 amide bonds. The van der Waals surface area contributed by atoms with Crippen LogP contribution in [0.25, 0.3) is 111 Å². The van der Waals surface area contributed by atoms with E-state index in [-0.39, 0.29) is 0 Å². The van der Waals surface area contributed by atoms with Crippen LogP contribution in [0.15, 0.2) is 205 Å². The molecule has 57 heavy (non-hydrogen) atoms. The van der Waals surface area contributed by atoms with Gasteiger partial charge in [-0.3, -0.25) is 0 Å². The van der Waals surface area contributed by atoms with Crippen LogP contribution in [-0.4, -0.2) is 15.0 Å². The molecule has 0 radical (unpaired) electrons. The smallest absolute Gasteiger partial charge is 0.164 e. The second-order valence-electron chi connectivity index (χ2n) is 14.4. The Morgan fingerprint density at radius 1 is 0.263 bits per heavy atom. The van der Waals surface area contributed by atoms with Gasteiger partial charge in [0, 0.05) is 32.8 Å². The van der Waals surface area contributed by atoms with Crippen LogP contribution in [0.3, 0.4) is 0 Å². The van der Waals surface area contributed by atoms with Crippen LogP contribution in [0.4, 0.5) is 0 Å². The van der Waals surface area contributed by atoms with Gasteiger partial charge in [0.1, 0.15) is 11.2 Å². The maximum Gasteiger partial charge on any atom is 0.164 e. The lowest BCUT2D eigenvalue weighted by atomic mass is 9.90. The van der Waals surface area contributed by atoms with Crippen LogP contribution in [0.5, 0.6) is 0 Å². The molecule has 11 aromatic rings. The van der Waals surface area contributed by atoms with Crippen molar-refractivity contribution in [3.8, 4) is 67.5 Å². The zero-order chi connectivity index (χ0) is 37.7. The molecule has 0 atom stereocenters. The third-order valence-electron chi connectivity index (χ3n) is 10.9. The number of fused-ring (bicyclic) bond motifs is 6. The van der Waals surface area contributed by atoms with Crippen LogP contribution in [0.2, 0.25) is 0 Å². The predicted molar refractivity (Wildman–Crippen MR) is 235 cm³/mol. The number of hydrogen-bond acceptors (Lipinski definition) is 4. The Labute approximate surface area is 329 Å². The zero-order valence-electron chi connectivity index (χ0n) is 30.8. The van der Waals surface area contributed by atoms with Gasteiger partial charge in [-0.1, -0.05) is 170 Å². The van der Waals surface area contributed by atoms with E-state index in [4.69, 9.17) is 19.4 Å². The van der Waals surface area contributed by atoms with E-state index in [1.165, 1.54) is 5.56 Å². The van der Waals surface area contributed by atoms with Crippen LogP contribution >= 0.6 is 0 Å². The van der Waals surface area contributed by atoms with Gasteiger partial charge in [0.2, 0.25) is 0 Å². The second-order valence-corrected chi connectivity index (χ2v) is 14.4. The van der Waals surface area contributed by atoms with Gasteiger partial charge in [0.05, 0.1) is 0 Å². The van der Waals surface area contributed by atoms with Crippen LogP contribution < -0.4 is 0 Å². The summed E-state index contributed by atoms with van der Waals surface area (Å²) in [5.74, 6) is 1.89. The lowest BCUT2D eigenvalue weighted by Gasteiger charge is -2.15. The van der Waals surface area contributed by atoms with Crippen LogP contribution in [-0.2, 0) is 0 Å². The number of hydrogen-bond donors (Lipinski definition) is 0. The third-order valence-corrected chi connectivity index (χ3v) is 10.9. The van der Waals surface area contributed by atoms with Gasteiger partial charge in [0.25, 0.3) is 0 Å². The molecule has 4 nitrogen and oxygen atoms in total. The van der Waals surface area contributed by atoms with E-state index in [1.807, 2.05) is 36.4 Å². The molecular formula is C53H33N3O. The highest BCUT2D eigenvalue weighted by Crippen LogP contribution is 2.44. The van der Waals surface area contributed by atoms with Crippen molar-refractivity contribution in [1.29, 1.82) is 0 Å². The third kappa shape index (κ3) is 5.74. The maximum absolute atomic E-state index is 6.62. The van der Waals surface area contributed by atoms with Gasteiger partial charge in [-0.05, 0) is 79.9 Å². The van der Waals surface area contributed by atoms with Crippen molar-refractivity contribution in [3.63, 3.8) is 0 Å². The van der Waals surface area contributed by atoms with E-state index < -0.39 is 0 Å². The number of aromatic nitrogens is 3. The summed E-state index contributed by atoms with van der Waals surface area (Å²) in [5.41, 5.74) is 11.5. The number of rotatable bonds is 6. The van der Waals surface area contributed by atoms with Gasteiger partial charge < -0.3 is 4.42 Å². The largest absolute Gasteiger partial charge is 0.455 e. The molecule has 0 aliphatic carbocycles. The lowest BCUT2D eigenvalue weighted by molar-refractivity contribution is 0.673. The summed E-state index contributed by atoms with van der Waals surface area (Å²) in [6.45, 7) is 0. The molecule has 9 aromatic carbocycles. The van der Waals surface area contributed by atoms with Crippen molar-refractivity contribution in [2.24, 2.45) is 0 Å². The fourth-order valence-electron chi connectivity index (χ4n) is 8.17. The molecule has 0 aliphatic rings. The Balaban J connectivity index is 1.11. The molecule has 0 aliphatic heterocycles. The molecule has 266 valence electrons. The summed E-state index contributed by atoms with van der Waals surface area (Å²) in [5, 5.41) is 6.60. The Morgan fingerprint density at radius 3 is 1.44 bits per heavy atom. The minimum Gasteiger partial charge on any atom is -0.455 e. The molecule has 0 unspecified atom stereocenters. The number of furan rings is 1. The second kappa shape index (κ2) is 13.6. The van der Waals surface area contributed by atoms with Gasteiger partial charge in [-0.25, -0.2) is 15.0 Å². The summed E-state index contributed by atoms with van der Waals surface area (Å²) >= 11 is 0.